The maximum atomic E-state index is 13.2. The Hall–Kier alpha value is -0.950. The number of methoxy groups -OCH3 is 1. The summed E-state index contributed by atoms with van der Waals surface area (Å²) in [6.45, 7) is 16.2. The van der Waals surface area contributed by atoms with Gasteiger partial charge in [0.15, 0.2) is 0 Å². The van der Waals surface area contributed by atoms with Crippen LogP contribution in [0.15, 0.2) is 11.6 Å². The van der Waals surface area contributed by atoms with Crippen LogP contribution >= 0.6 is 0 Å². The van der Waals surface area contributed by atoms with E-state index >= 15 is 0 Å². The van der Waals surface area contributed by atoms with E-state index in [0.29, 0.717) is 18.4 Å². The van der Waals surface area contributed by atoms with Gasteiger partial charge in [-0.05, 0) is 72.5 Å². The van der Waals surface area contributed by atoms with E-state index in [0.717, 1.165) is 38.5 Å². The molecule has 5 aliphatic carbocycles. The summed E-state index contributed by atoms with van der Waals surface area (Å²) in [6, 6.07) is 0. The molecule has 7 rings (SSSR count). The van der Waals surface area contributed by atoms with Gasteiger partial charge < -0.3 is 25.4 Å². The van der Waals surface area contributed by atoms with E-state index in [2.05, 4.69) is 54.5 Å². The average Bonchev–Trinajstić information content (AvgIpc) is 3.50. The van der Waals surface area contributed by atoms with Crippen LogP contribution in [0.3, 0.4) is 0 Å². The molecule has 0 amide bonds. The fraction of sp³-hybridized carbons (Fsp3) is 0.903. The van der Waals surface area contributed by atoms with Crippen molar-refractivity contribution in [3.05, 3.63) is 11.6 Å². The number of carboxylic acids is 1. The van der Waals surface area contributed by atoms with E-state index in [1.165, 1.54) is 5.57 Å². The van der Waals surface area contributed by atoms with Gasteiger partial charge in [0.2, 0.25) is 0 Å². The molecule has 4 N–H and O–H groups in total. The summed E-state index contributed by atoms with van der Waals surface area (Å²) in [4.78, 5) is 13.2. The molecule has 0 aromatic rings. The number of aliphatic hydroxyl groups excluding tert-OH is 1. The lowest BCUT2D eigenvalue weighted by molar-refractivity contribution is -0.298. The van der Waals surface area contributed by atoms with E-state index < -0.39 is 40.7 Å². The smallest absolute Gasteiger partial charge is 0.307 e. The van der Waals surface area contributed by atoms with Crippen LogP contribution in [-0.4, -0.2) is 53.2 Å². The van der Waals surface area contributed by atoms with Crippen molar-refractivity contribution >= 4 is 5.97 Å². The summed E-state index contributed by atoms with van der Waals surface area (Å²) in [7, 11) is 1.68. The first kappa shape index (κ1) is 26.3. The predicted octanol–water partition coefficient (Wildman–Crippen LogP) is 4.78. The Morgan fingerprint density at radius 3 is 2.38 bits per heavy atom. The summed E-state index contributed by atoms with van der Waals surface area (Å²) in [6.07, 6.45) is 6.61. The number of carbonyl (C=O) groups is 1. The number of hydrogen-bond donors (Lipinski definition) is 3. The molecule has 6 fully saturated rings. The lowest BCUT2D eigenvalue weighted by atomic mass is 9.35. The number of rotatable bonds is 4. The molecule has 208 valence electrons. The van der Waals surface area contributed by atoms with Crippen LogP contribution in [0.25, 0.3) is 0 Å². The topological polar surface area (TPSA) is 102 Å². The number of fused-ring (bicyclic) bond motifs is 5. The van der Waals surface area contributed by atoms with Crippen LogP contribution in [-0.2, 0) is 14.3 Å². The number of ether oxygens (including phenoxy) is 2. The second-order valence-corrected chi connectivity index (χ2v) is 15.3. The highest BCUT2D eigenvalue weighted by Crippen LogP contribution is 2.85. The van der Waals surface area contributed by atoms with Gasteiger partial charge in [0.25, 0.3) is 0 Å². The first-order chi connectivity index (χ1) is 17.1. The summed E-state index contributed by atoms with van der Waals surface area (Å²) < 4.78 is 12.6. The van der Waals surface area contributed by atoms with Crippen LogP contribution in [0.4, 0.5) is 0 Å². The lowest BCUT2D eigenvalue weighted by Gasteiger charge is -2.71. The van der Waals surface area contributed by atoms with Gasteiger partial charge in [0.1, 0.15) is 11.7 Å². The van der Waals surface area contributed by atoms with Crippen LogP contribution in [0.5, 0.6) is 0 Å². The van der Waals surface area contributed by atoms with Gasteiger partial charge in [-0.3, -0.25) is 4.79 Å². The molecule has 2 saturated heterocycles. The molecule has 2 spiro atoms. The Kier molecular flexibility index (Phi) is 5.12. The molecule has 2 bridgehead atoms. The highest BCUT2D eigenvalue weighted by atomic mass is 16.6. The maximum Gasteiger partial charge on any atom is 0.307 e. The molecule has 37 heavy (non-hydrogen) atoms. The molecule has 12 atom stereocenters. The van der Waals surface area contributed by atoms with Gasteiger partial charge in [-0.2, -0.15) is 0 Å². The van der Waals surface area contributed by atoms with Crippen molar-refractivity contribution in [3.8, 4) is 0 Å². The Morgan fingerprint density at radius 2 is 1.78 bits per heavy atom. The third-order valence-corrected chi connectivity index (χ3v) is 14.5. The molecule has 4 saturated carbocycles. The normalized spacial score (nSPS) is 58.5. The van der Waals surface area contributed by atoms with Crippen LogP contribution in [0, 0.1) is 50.7 Å². The van der Waals surface area contributed by atoms with Crippen molar-refractivity contribution in [1.29, 1.82) is 0 Å². The second-order valence-electron chi connectivity index (χ2n) is 15.3. The highest BCUT2D eigenvalue weighted by molar-refractivity contribution is 5.73. The largest absolute Gasteiger partial charge is 0.481 e. The highest BCUT2D eigenvalue weighted by Gasteiger charge is 2.92. The molecular formula is C31H49NO5. The van der Waals surface area contributed by atoms with Crippen LogP contribution in [0.2, 0.25) is 0 Å². The molecule has 6 nitrogen and oxygen atoms in total. The summed E-state index contributed by atoms with van der Waals surface area (Å²) in [5.41, 5.74) is 6.06. The molecule has 2 heterocycles. The summed E-state index contributed by atoms with van der Waals surface area (Å²) in [5, 5.41) is 22.3. The van der Waals surface area contributed by atoms with Gasteiger partial charge in [-0.1, -0.05) is 60.1 Å². The Balaban J connectivity index is 1.49. The van der Waals surface area contributed by atoms with Crippen molar-refractivity contribution in [2.75, 3.05) is 13.7 Å². The zero-order chi connectivity index (χ0) is 27.2. The fourth-order valence-corrected chi connectivity index (χ4v) is 11.6. The molecule has 1 unspecified atom stereocenters. The van der Waals surface area contributed by atoms with E-state index in [1.807, 2.05) is 0 Å². The van der Waals surface area contributed by atoms with Gasteiger partial charge >= 0.3 is 5.97 Å². The van der Waals surface area contributed by atoms with Crippen molar-refractivity contribution in [2.24, 2.45) is 56.5 Å². The van der Waals surface area contributed by atoms with Crippen LogP contribution in [0.1, 0.15) is 87.0 Å². The average molecular weight is 516 g/mol. The molecule has 7 aliphatic rings. The predicted molar refractivity (Wildman–Crippen MR) is 142 cm³/mol. The zero-order valence-corrected chi connectivity index (χ0v) is 24.2. The lowest BCUT2D eigenvalue weighted by Crippen LogP contribution is -2.81. The number of nitrogens with two attached hydrogens (primary N) is 1. The van der Waals surface area contributed by atoms with Crippen LogP contribution < -0.4 is 5.73 Å². The summed E-state index contributed by atoms with van der Waals surface area (Å²) in [5.74, 6) is -0.0283. The Labute approximate surface area is 222 Å². The Morgan fingerprint density at radius 1 is 1.11 bits per heavy atom. The SMILES string of the molecule is CO[C@H]1[C@H](O)[C@@]2(C)COC13C[C@]31C3=CC[C@@]4(C)[C@H](C(=O)O)[C@@](C)([C@H](C)C(C)C)CC[C@]4(C)[C@H]3CC[C@]12N. The van der Waals surface area contributed by atoms with E-state index in [1.54, 1.807) is 7.11 Å². The number of hydrogen-bond acceptors (Lipinski definition) is 5. The molecule has 0 radical (unpaired) electrons. The minimum Gasteiger partial charge on any atom is -0.481 e. The van der Waals surface area contributed by atoms with Gasteiger partial charge in [0, 0.05) is 23.5 Å². The minimum absolute atomic E-state index is 0.144. The van der Waals surface area contributed by atoms with Crippen molar-refractivity contribution in [2.45, 2.75) is 110 Å². The standard InChI is InChI=1S/C31H49NO5/c1-17(2)18(3)25(4)13-14-26(5)19-10-12-31(32)28(7)16-37-30(23(36-8)22(28)33)15-29(30,31)20(19)9-11-27(26,6)21(25)24(34)35/h9,17-19,21-23,33H,10-16,32H2,1-8H3,(H,34,35)/t18-,19+,21-,22+,23+,25-,26-,27+,28-,29+,30?,31-/m1/s1. The Bertz CT molecular complexity index is 1070. The van der Waals surface area contributed by atoms with Gasteiger partial charge in [-0.25, -0.2) is 0 Å². The number of carboxylic acid groups (broad SMARTS) is 1. The van der Waals surface area contributed by atoms with E-state index in [4.69, 9.17) is 15.2 Å². The number of aliphatic hydroxyl groups is 1. The molecule has 0 aromatic heterocycles. The molecule has 0 aromatic carbocycles. The maximum absolute atomic E-state index is 13.2. The zero-order valence-electron chi connectivity index (χ0n) is 24.2. The van der Waals surface area contributed by atoms with Gasteiger partial charge in [-0.15, -0.1) is 0 Å². The van der Waals surface area contributed by atoms with Crippen molar-refractivity contribution < 1.29 is 24.5 Å². The van der Waals surface area contributed by atoms with E-state index in [9.17, 15) is 15.0 Å². The quantitative estimate of drug-likeness (QED) is 0.466. The van der Waals surface area contributed by atoms with E-state index in [-0.39, 0.29) is 27.6 Å². The molecule has 6 heteroatoms. The minimum atomic E-state index is -0.655. The molecule has 2 aliphatic heterocycles. The first-order valence-corrected chi connectivity index (χ1v) is 14.6. The van der Waals surface area contributed by atoms with Crippen molar-refractivity contribution in [3.63, 3.8) is 0 Å². The number of aliphatic carboxylic acids is 1. The third-order valence-electron chi connectivity index (χ3n) is 14.5. The monoisotopic (exact) mass is 515 g/mol. The molecular weight excluding hydrogens is 466 g/mol. The fourth-order valence-electron chi connectivity index (χ4n) is 11.6. The number of allylic oxidation sites excluding steroid dienone is 1. The summed E-state index contributed by atoms with van der Waals surface area (Å²) >= 11 is 0. The van der Waals surface area contributed by atoms with Crippen molar-refractivity contribution in [1.82, 2.24) is 0 Å². The third kappa shape index (κ3) is 2.45. The van der Waals surface area contributed by atoms with Gasteiger partial charge in [0.05, 0.1) is 18.6 Å². The second kappa shape index (κ2) is 7.21. The first-order valence-electron chi connectivity index (χ1n) is 14.6.